The van der Waals surface area contributed by atoms with Crippen molar-refractivity contribution >= 4 is 21.5 Å². The van der Waals surface area contributed by atoms with Gasteiger partial charge in [-0.1, -0.05) is 33.8 Å². The number of halogens is 1. The SMILES string of the molecule is C[C@H]1C=C(C(O)C(C)(C)C)c2nc(Br)cnc21. The number of hydrogen-bond acceptors (Lipinski definition) is 3. The predicted octanol–water partition coefficient (Wildman–Crippen LogP) is 3.15. The first-order chi connectivity index (χ1) is 7.80. The molecule has 0 saturated heterocycles. The lowest BCUT2D eigenvalue weighted by atomic mass is 9.84. The van der Waals surface area contributed by atoms with Crippen molar-refractivity contribution in [3.05, 3.63) is 28.3 Å². The molecule has 1 aliphatic rings. The van der Waals surface area contributed by atoms with Crippen LogP contribution in [0.4, 0.5) is 0 Å². The van der Waals surface area contributed by atoms with Crippen LogP contribution in [0.2, 0.25) is 0 Å². The number of aromatic nitrogens is 2. The minimum atomic E-state index is -0.519. The van der Waals surface area contributed by atoms with Crippen molar-refractivity contribution in [3.63, 3.8) is 0 Å². The highest BCUT2D eigenvalue weighted by Crippen LogP contribution is 2.39. The number of rotatable bonds is 1. The van der Waals surface area contributed by atoms with Crippen molar-refractivity contribution < 1.29 is 5.11 Å². The summed E-state index contributed by atoms with van der Waals surface area (Å²) in [6, 6.07) is 0. The lowest BCUT2D eigenvalue weighted by Crippen LogP contribution is -2.27. The van der Waals surface area contributed by atoms with E-state index in [1.165, 1.54) is 0 Å². The van der Waals surface area contributed by atoms with Gasteiger partial charge in [-0.3, -0.25) is 4.98 Å². The molecule has 0 fully saturated rings. The predicted molar refractivity (Wildman–Crippen MR) is 71.6 cm³/mol. The number of aliphatic hydroxyl groups excluding tert-OH is 1. The summed E-state index contributed by atoms with van der Waals surface area (Å²) < 4.78 is 0.706. The van der Waals surface area contributed by atoms with Crippen LogP contribution >= 0.6 is 15.9 Å². The second kappa shape index (κ2) is 4.18. The molecule has 0 aliphatic heterocycles. The second-order valence-corrected chi connectivity index (χ2v) is 6.42. The molecule has 0 bridgehead atoms. The highest BCUT2D eigenvalue weighted by Gasteiger charge is 2.33. The quantitative estimate of drug-likeness (QED) is 0.866. The first-order valence-electron chi connectivity index (χ1n) is 5.73. The van der Waals surface area contributed by atoms with Crippen molar-refractivity contribution in [2.45, 2.75) is 39.7 Å². The molecule has 1 unspecified atom stereocenters. The molecule has 1 aliphatic carbocycles. The summed E-state index contributed by atoms with van der Waals surface area (Å²) in [4.78, 5) is 8.83. The van der Waals surface area contributed by atoms with Crippen LogP contribution in [0.5, 0.6) is 0 Å². The number of fused-ring (bicyclic) bond motifs is 1. The molecule has 0 spiro atoms. The fourth-order valence-electron chi connectivity index (χ4n) is 2.04. The number of aliphatic hydroxyl groups is 1. The molecule has 2 rings (SSSR count). The summed E-state index contributed by atoms with van der Waals surface area (Å²) in [5.74, 6) is 0.220. The fraction of sp³-hybridized carbons (Fsp3) is 0.538. The standard InChI is InChI=1S/C13H17BrN2O/c1-7-5-8(12(17)13(2,3)4)11-10(7)15-6-9(14)16-11/h5-7,12,17H,1-4H3/t7-,12?/m0/s1. The smallest absolute Gasteiger partial charge is 0.125 e. The van der Waals surface area contributed by atoms with Crippen LogP contribution in [-0.2, 0) is 0 Å². The molecule has 17 heavy (non-hydrogen) atoms. The Morgan fingerprint density at radius 3 is 2.65 bits per heavy atom. The van der Waals surface area contributed by atoms with Gasteiger partial charge in [0.25, 0.3) is 0 Å². The normalized spacial score (nSPS) is 21.1. The molecule has 0 radical (unpaired) electrons. The molecule has 0 amide bonds. The molecule has 2 atom stereocenters. The average Bonchev–Trinajstić information content (AvgIpc) is 2.53. The van der Waals surface area contributed by atoms with E-state index in [9.17, 15) is 5.11 Å². The molecule has 92 valence electrons. The van der Waals surface area contributed by atoms with Gasteiger partial charge >= 0.3 is 0 Å². The van der Waals surface area contributed by atoms with E-state index >= 15 is 0 Å². The van der Waals surface area contributed by atoms with Gasteiger partial charge in [0.05, 0.1) is 23.7 Å². The Bertz CT molecular complexity index is 477. The summed E-state index contributed by atoms with van der Waals surface area (Å²) in [6.07, 6.45) is 3.25. The maximum Gasteiger partial charge on any atom is 0.125 e. The third-order valence-electron chi connectivity index (χ3n) is 3.02. The van der Waals surface area contributed by atoms with E-state index < -0.39 is 6.10 Å². The molecule has 1 N–H and O–H groups in total. The van der Waals surface area contributed by atoms with Gasteiger partial charge < -0.3 is 5.11 Å². The molecule has 0 saturated carbocycles. The van der Waals surface area contributed by atoms with E-state index in [1.807, 2.05) is 20.8 Å². The summed E-state index contributed by atoms with van der Waals surface area (Å²) >= 11 is 3.33. The Morgan fingerprint density at radius 2 is 2.06 bits per heavy atom. The largest absolute Gasteiger partial charge is 0.388 e. The summed E-state index contributed by atoms with van der Waals surface area (Å²) in [6.45, 7) is 8.13. The van der Waals surface area contributed by atoms with Crippen molar-refractivity contribution in [2.24, 2.45) is 5.41 Å². The maximum absolute atomic E-state index is 10.4. The Kier molecular flexibility index (Phi) is 3.12. The van der Waals surface area contributed by atoms with Crippen LogP contribution in [0.3, 0.4) is 0 Å². The van der Waals surface area contributed by atoms with E-state index in [2.05, 4.69) is 38.9 Å². The molecule has 1 aromatic rings. The van der Waals surface area contributed by atoms with Crippen LogP contribution in [0.1, 0.15) is 45.0 Å². The Hall–Kier alpha value is -0.740. The zero-order valence-electron chi connectivity index (χ0n) is 10.5. The first kappa shape index (κ1) is 12.7. The van der Waals surface area contributed by atoms with E-state index in [0.717, 1.165) is 17.0 Å². The van der Waals surface area contributed by atoms with Gasteiger partial charge in [0.1, 0.15) is 4.60 Å². The lowest BCUT2D eigenvalue weighted by molar-refractivity contribution is 0.114. The minimum Gasteiger partial charge on any atom is -0.388 e. The summed E-state index contributed by atoms with van der Waals surface area (Å²) in [5, 5.41) is 10.4. The van der Waals surface area contributed by atoms with Gasteiger partial charge in [0.2, 0.25) is 0 Å². The van der Waals surface area contributed by atoms with Crippen molar-refractivity contribution in [3.8, 4) is 0 Å². The van der Waals surface area contributed by atoms with E-state index in [0.29, 0.717) is 4.60 Å². The topological polar surface area (TPSA) is 46.0 Å². The van der Waals surface area contributed by atoms with Crippen molar-refractivity contribution in [1.29, 1.82) is 0 Å². The third kappa shape index (κ3) is 2.29. The van der Waals surface area contributed by atoms with Crippen LogP contribution in [-0.4, -0.2) is 21.2 Å². The van der Waals surface area contributed by atoms with Crippen LogP contribution in [0.25, 0.3) is 5.57 Å². The summed E-state index contributed by atoms with van der Waals surface area (Å²) in [7, 11) is 0. The van der Waals surface area contributed by atoms with Crippen LogP contribution < -0.4 is 0 Å². The van der Waals surface area contributed by atoms with Gasteiger partial charge in [0, 0.05) is 11.5 Å². The van der Waals surface area contributed by atoms with Gasteiger partial charge in [-0.05, 0) is 21.3 Å². The highest BCUT2D eigenvalue weighted by atomic mass is 79.9. The zero-order valence-corrected chi connectivity index (χ0v) is 12.1. The van der Waals surface area contributed by atoms with E-state index in [4.69, 9.17) is 0 Å². The second-order valence-electron chi connectivity index (χ2n) is 5.61. The Labute approximate surface area is 110 Å². The number of hydrogen-bond donors (Lipinski definition) is 1. The molecule has 0 aromatic carbocycles. The minimum absolute atomic E-state index is 0.197. The third-order valence-corrected chi connectivity index (χ3v) is 3.40. The van der Waals surface area contributed by atoms with Gasteiger partial charge in [-0.25, -0.2) is 4.98 Å². The molecule has 1 aromatic heterocycles. The number of nitrogens with zero attached hydrogens (tertiary/aromatic N) is 2. The van der Waals surface area contributed by atoms with Gasteiger partial charge in [-0.2, -0.15) is 0 Å². The van der Waals surface area contributed by atoms with Crippen LogP contribution in [0, 0.1) is 5.41 Å². The average molecular weight is 297 g/mol. The van der Waals surface area contributed by atoms with Crippen molar-refractivity contribution in [1.82, 2.24) is 9.97 Å². The zero-order chi connectivity index (χ0) is 12.8. The molecular weight excluding hydrogens is 280 g/mol. The van der Waals surface area contributed by atoms with Gasteiger partial charge in [0.15, 0.2) is 0 Å². The molecular formula is C13H17BrN2O. The lowest BCUT2D eigenvalue weighted by Gasteiger charge is -2.27. The van der Waals surface area contributed by atoms with Crippen molar-refractivity contribution in [2.75, 3.05) is 0 Å². The maximum atomic E-state index is 10.4. The molecule has 1 heterocycles. The monoisotopic (exact) mass is 296 g/mol. The Balaban J connectivity index is 2.47. The number of allylic oxidation sites excluding steroid dienone is 1. The summed E-state index contributed by atoms with van der Waals surface area (Å²) in [5.41, 5.74) is 2.48. The fourth-order valence-corrected chi connectivity index (χ4v) is 2.32. The molecule has 4 heteroatoms. The first-order valence-corrected chi connectivity index (χ1v) is 6.52. The Morgan fingerprint density at radius 1 is 1.41 bits per heavy atom. The van der Waals surface area contributed by atoms with Gasteiger partial charge in [-0.15, -0.1) is 0 Å². The van der Waals surface area contributed by atoms with E-state index in [1.54, 1.807) is 6.20 Å². The van der Waals surface area contributed by atoms with E-state index in [-0.39, 0.29) is 11.3 Å². The highest BCUT2D eigenvalue weighted by molar-refractivity contribution is 9.10. The van der Waals surface area contributed by atoms with Crippen LogP contribution in [0.15, 0.2) is 16.9 Å². The molecule has 3 nitrogen and oxygen atoms in total.